The molecule has 1 aromatic carbocycles. The van der Waals surface area contributed by atoms with Crippen molar-refractivity contribution in [2.45, 2.75) is 26.7 Å². The van der Waals surface area contributed by atoms with Crippen LogP contribution in [0.25, 0.3) is 0 Å². The first-order valence-corrected chi connectivity index (χ1v) is 7.12. The maximum absolute atomic E-state index is 12.4. The monoisotopic (exact) mass is 287 g/mol. The molecule has 0 spiro atoms. The van der Waals surface area contributed by atoms with Gasteiger partial charge in [-0.3, -0.25) is 4.79 Å². The van der Waals surface area contributed by atoms with Crippen molar-refractivity contribution in [1.82, 2.24) is 4.90 Å². The number of halogens is 2. The summed E-state index contributed by atoms with van der Waals surface area (Å²) < 4.78 is 0. The van der Waals surface area contributed by atoms with Crippen molar-refractivity contribution in [3.8, 4) is 0 Å². The molecular formula is C14H19Cl2NO. The van der Waals surface area contributed by atoms with Gasteiger partial charge in [0.2, 0.25) is 0 Å². The first kappa shape index (κ1) is 15.3. The summed E-state index contributed by atoms with van der Waals surface area (Å²) in [5.41, 5.74) is 1.61. The Kier molecular flexibility index (Phi) is 6.51. The summed E-state index contributed by atoms with van der Waals surface area (Å²) in [6.07, 6.45) is 2.04. The van der Waals surface area contributed by atoms with Crippen molar-refractivity contribution in [2.24, 2.45) is 0 Å². The van der Waals surface area contributed by atoms with E-state index in [2.05, 4.69) is 6.92 Å². The Labute approximate surface area is 119 Å². The molecule has 0 aliphatic carbocycles. The van der Waals surface area contributed by atoms with E-state index in [0.29, 0.717) is 23.0 Å². The highest BCUT2D eigenvalue weighted by molar-refractivity contribution is 6.31. The Balaban J connectivity index is 2.90. The molecule has 1 aromatic rings. The van der Waals surface area contributed by atoms with Crippen molar-refractivity contribution < 1.29 is 4.79 Å². The first-order valence-electron chi connectivity index (χ1n) is 6.21. The van der Waals surface area contributed by atoms with Gasteiger partial charge >= 0.3 is 0 Å². The summed E-state index contributed by atoms with van der Waals surface area (Å²) in [4.78, 5) is 14.2. The number of aryl methyl sites for hydroxylation is 1. The molecule has 100 valence electrons. The largest absolute Gasteiger partial charge is 0.337 e. The highest BCUT2D eigenvalue weighted by Gasteiger charge is 2.17. The third-order valence-corrected chi connectivity index (χ3v) is 3.26. The predicted molar refractivity (Wildman–Crippen MR) is 77.7 cm³/mol. The lowest BCUT2D eigenvalue weighted by Crippen LogP contribution is -2.34. The van der Waals surface area contributed by atoms with E-state index in [1.807, 2.05) is 13.0 Å². The standard InChI is InChI=1S/C14H19Cl2NO/c1-3-4-8-17(9-7-15)14(18)13-10-12(16)6-5-11(13)2/h5-6,10H,3-4,7-9H2,1-2H3. The minimum atomic E-state index is 0.0177. The van der Waals surface area contributed by atoms with E-state index in [1.54, 1.807) is 17.0 Å². The quantitative estimate of drug-likeness (QED) is 0.721. The molecule has 0 aliphatic heterocycles. The third kappa shape index (κ3) is 4.18. The fraction of sp³-hybridized carbons (Fsp3) is 0.500. The second-order valence-corrected chi connectivity index (χ2v) is 5.11. The summed E-state index contributed by atoms with van der Waals surface area (Å²) in [6, 6.07) is 5.40. The second kappa shape index (κ2) is 7.65. The Morgan fingerprint density at radius 3 is 2.67 bits per heavy atom. The summed E-state index contributed by atoms with van der Waals surface area (Å²) in [7, 11) is 0. The van der Waals surface area contributed by atoms with Gasteiger partial charge in [0.15, 0.2) is 0 Å². The van der Waals surface area contributed by atoms with Gasteiger partial charge in [-0.2, -0.15) is 0 Å². The molecular weight excluding hydrogens is 269 g/mol. The average Bonchev–Trinajstić information content (AvgIpc) is 2.36. The molecule has 0 aromatic heterocycles. The van der Waals surface area contributed by atoms with Crippen LogP contribution in [0, 0.1) is 6.92 Å². The maximum Gasteiger partial charge on any atom is 0.254 e. The van der Waals surface area contributed by atoms with Crippen LogP contribution < -0.4 is 0 Å². The van der Waals surface area contributed by atoms with Crippen LogP contribution in [0.5, 0.6) is 0 Å². The van der Waals surface area contributed by atoms with Crippen molar-refractivity contribution in [2.75, 3.05) is 19.0 Å². The third-order valence-electron chi connectivity index (χ3n) is 2.85. The van der Waals surface area contributed by atoms with Crippen molar-refractivity contribution in [3.63, 3.8) is 0 Å². The van der Waals surface area contributed by atoms with Gasteiger partial charge in [0.05, 0.1) is 0 Å². The smallest absolute Gasteiger partial charge is 0.254 e. The van der Waals surface area contributed by atoms with Crippen LogP contribution in [0.2, 0.25) is 5.02 Å². The number of carbonyl (C=O) groups is 1. The van der Waals surface area contributed by atoms with E-state index < -0.39 is 0 Å². The Hall–Kier alpha value is -0.730. The number of unbranched alkanes of at least 4 members (excludes halogenated alkanes) is 1. The average molecular weight is 288 g/mol. The molecule has 0 bridgehead atoms. The van der Waals surface area contributed by atoms with E-state index in [0.717, 1.165) is 24.9 Å². The fourth-order valence-corrected chi connectivity index (χ4v) is 2.14. The van der Waals surface area contributed by atoms with Crippen LogP contribution in [-0.4, -0.2) is 29.8 Å². The summed E-state index contributed by atoms with van der Waals surface area (Å²) in [5.74, 6) is 0.471. The first-order chi connectivity index (χ1) is 8.60. The number of alkyl halides is 1. The van der Waals surface area contributed by atoms with E-state index in [4.69, 9.17) is 23.2 Å². The van der Waals surface area contributed by atoms with Gasteiger partial charge in [-0.05, 0) is 31.0 Å². The molecule has 0 fully saturated rings. The molecule has 4 heteroatoms. The van der Waals surface area contributed by atoms with Gasteiger partial charge < -0.3 is 4.90 Å². The molecule has 0 saturated heterocycles. The minimum Gasteiger partial charge on any atom is -0.337 e. The van der Waals surface area contributed by atoms with Gasteiger partial charge in [0, 0.05) is 29.6 Å². The van der Waals surface area contributed by atoms with Gasteiger partial charge in [0.1, 0.15) is 0 Å². The number of rotatable bonds is 6. The number of amides is 1. The van der Waals surface area contributed by atoms with Crippen LogP contribution in [0.3, 0.4) is 0 Å². The Morgan fingerprint density at radius 1 is 1.33 bits per heavy atom. The lowest BCUT2D eigenvalue weighted by Gasteiger charge is -2.22. The molecule has 0 atom stereocenters. The number of hydrogen-bond donors (Lipinski definition) is 0. The van der Waals surface area contributed by atoms with Crippen molar-refractivity contribution in [3.05, 3.63) is 34.3 Å². The van der Waals surface area contributed by atoms with Gasteiger partial charge in [-0.1, -0.05) is 31.0 Å². The van der Waals surface area contributed by atoms with Crippen molar-refractivity contribution >= 4 is 29.1 Å². The zero-order chi connectivity index (χ0) is 13.5. The topological polar surface area (TPSA) is 20.3 Å². The zero-order valence-electron chi connectivity index (χ0n) is 10.9. The Bertz CT molecular complexity index is 407. The van der Waals surface area contributed by atoms with E-state index in [9.17, 15) is 4.79 Å². The lowest BCUT2D eigenvalue weighted by molar-refractivity contribution is 0.0762. The molecule has 0 saturated carbocycles. The Morgan fingerprint density at radius 2 is 2.06 bits per heavy atom. The lowest BCUT2D eigenvalue weighted by atomic mass is 10.1. The molecule has 0 N–H and O–H groups in total. The van der Waals surface area contributed by atoms with E-state index in [1.165, 1.54) is 0 Å². The number of carbonyl (C=O) groups excluding carboxylic acids is 1. The molecule has 0 heterocycles. The molecule has 1 rings (SSSR count). The zero-order valence-corrected chi connectivity index (χ0v) is 12.4. The summed E-state index contributed by atoms with van der Waals surface area (Å²) >= 11 is 11.7. The van der Waals surface area contributed by atoms with Crippen LogP contribution in [-0.2, 0) is 0 Å². The fourth-order valence-electron chi connectivity index (χ4n) is 1.76. The molecule has 18 heavy (non-hydrogen) atoms. The van der Waals surface area contributed by atoms with Gasteiger partial charge in [0.25, 0.3) is 5.91 Å². The van der Waals surface area contributed by atoms with Gasteiger partial charge in [-0.25, -0.2) is 0 Å². The van der Waals surface area contributed by atoms with Crippen LogP contribution >= 0.6 is 23.2 Å². The summed E-state index contributed by atoms with van der Waals surface area (Å²) in [6.45, 7) is 5.34. The molecule has 0 unspecified atom stereocenters. The predicted octanol–water partition coefficient (Wildman–Crippen LogP) is 4.13. The minimum absolute atomic E-state index is 0.0177. The molecule has 1 amide bonds. The van der Waals surface area contributed by atoms with E-state index in [-0.39, 0.29) is 5.91 Å². The maximum atomic E-state index is 12.4. The van der Waals surface area contributed by atoms with E-state index >= 15 is 0 Å². The van der Waals surface area contributed by atoms with Crippen LogP contribution in [0.4, 0.5) is 0 Å². The molecule has 2 nitrogen and oxygen atoms in total. The van der Waals surface area contributed by atoms with Crippen LogP contribution in [0.15, 0.2) is 18.2 Å². The number of benzene rings is 1. The highest BCUT2D eigenvalue weighted by atomic mass is 35.5. The number of hydrogen-bond acceptors (Lipinski definition) is 1. The normalized spacial score (nSPS) is 10.4. The van der Waals surface area contributed by atoms with Crippen LogP contribution in [0.1, 0.15) is 35.7 Å². The highest BCUT2D eigenvalue weighted by Crippen LogP contribution is 2.17. The van der Waals surface area contributed by atoms with Gasteiger partial charge in [-0.15, -0.1) is 11.6 Å². The SMILES string of the molecule is CCCCN(CCCl)C(=O)c1cc(Cl)ccc1C. The second-order valence-electron chi connectivity index (χ2n) is 4.29. The molecule has 0 radical (unpaired) electrons. The molecule has 0 aliphatic rings. The summed E-state index contributed by atoms with van der Waals surface area (Å²) in [5, 5.41) is 0.588. The number of nitrogens with zero attached hydrogens (tertiary/aromatic N) is 1. The van der Waals surface area contributed by atoms with Crippen molar-refractivity contribution in [1.29, 1.82) is 0 Å².